The first-order chi connectivity index (χ1) is 15.7. The van der Waals surface area contributed by atoms with Crippen molar-refractivity contribution in [3.05, 3.63) is 28.8 Å². The molecule has 0 bridgehead atoms. The summed E-state index contributed by atoms with van der Waals surface area (Å²) in [4.78, 5) is 28.8. The van der Waals surface area contributed by atoms with Crippen LogP contribution in [0.3, 0.4) is 0 Å². The van der Waals surface area contributed by atoms with Crippen LogP contribution in [0.1, 0.15) is 50.5 Å². The van der Waals surface area contributed by atoms with Crippen LogP contribution in [0.5, 0.6) is 0 Å². The van der Waals surface area contributed by atoms with Crippen LogP contribution < -0.4 is 10.6 Å². The molecule has 0 radical (unpaired) electrons. The van der Waals surface area contributed by atoms with Gasteiger partial charge in [0.2, 0.25) is 11.8 Å². The van der Waals surface area contributed by atoms with Crippen LogP contribution in [0.2, 0.25) is 5.02 Å². The fourth-order valence-corrected chi connectivity index (χ4v) is 4.63. The molecule has 3 rings (SSSR count). The lowest BCUT2D eigenvalue weighted by atomic mass is 9.97. The van der Waals surface area contributed by atoms with Crippen molar-refractivity contribution in [2.24, 2.45) is 0 Å². The number of rotatable bonds is 6. The van der Waals surface area contributed by atoms with Crippen molar-refractivity contribution in [1.82, 2.24) is 15.1 Å². The van der Waals surface area contributed by atoms with E-state index < -0.39 is 16.8 Å². The molecule has 10 heteroatoms. The highest BCUT2D eigenvalue weighted by atomic mass is 35.5. The number of piperazine rings is 1. The van der Waals surface area contributed by atoms with E-state index in [0.29, 0.717) is 32.7 Å². The van der Waals surface area contributed by atoms with E-state index in [1.54, 1.807) is 0 Å². The topological polar surface area (TPSA) is 64.7 Å². The van der Waals surface area contributed by atoms with Crippen LogP contribution in [0, 0.1) is 0 Å². The Balaban J connectivity index is 1.39. The van der Waals surface area contributed by atoms with Crippen molar-refractivity contribution in [1.29, 1.82) is 0 Å². The predicted molar refractivity (Wildman–Crippen MR) is 122 cm³/mol. The largest absolute Gasteiger partial charge is 0.417 e. The Morgan fingerprint density at radius 3 is 2.03 bits per heavy atom. The van der Waals surface area contributed by atoms with Gasteiger partial charge in [0.1, 0.15) is 0 Å². The first kappa shape index (κ1) is 25.8. The molecule has 1 saturated heterocycles. The van der Waals surface area contributed by atoms with E-state index in [9.17, 15) is 22.8 Å². The van der Waals surface area contributed by atoms with Crippen LogP contribution in [0.15, 0.2) is 18.2 Å². The lowest BCUT2D eigenvalue weighted by Gasteiger charge is -2.34. The summed E-state index contributed by atoms with van der Waals surface area (Å²) in [7, 11) is 0. The first-order valence-electron chi connectivity index (χ1n) is 11.6. The lowest BCUT2D eigenvalue weighted by molar-refractivity contribution is -0.137. The molecule has 184 valence electrons. The Kier molecular flexibility index (Phi) is 9.40. The maximum absolute atomic E-state index is 13.0. The zero-order valence-corrected chi connectivity index (χ0v) is 19.5. The van der Waals surface area contributed by atoms with Crippen molar-refractivity contribution in [3.8, 4) is 0 Å². The molecule has 6 nitrogen and oxygen atoms in total. The van der Waals surface area contributed by atoms with Gasteiger partial charge in [-0.1, -0.05) is 43.7 Å². The molecule has 1 aliphatic heterocycles. The Morgan fingerprint density at radius 2 is 1.45 bits per heavy atom. The second kappa shape index (κ2) is 12.0. The number of halogens is 4. The minimum atomic E-state index is -4.59. The highest BCUT2D eigenvalue weighted by Crippen LogP contribution is 2.36. The molecular formula is C23H32ClF3N4O2. The van der Waals surface area contributed by atoms with Crippen LogP contribution in [0.4, 0.5) is 18.9 Å². The Morgan fingerprint density at radius 1 is 0.909 bits per heavy atom. The predicted octanol–water partition coefficient (Wildman–Crippen LogP) is 4.14. The number of benzene rings is 1. The average Bonchev–Trinajstić information content (AvgIpc) is 2.72. The number of nitrogens with zero attached hydrogens (tertiary/aromatic N) is 2. The second-order valence-electron chi connectivity index (χ2n) is 8.90. The number of hydrogen-bond donors (Lipinski definition) is 2. The fourth-order valence-electron chi connectivity index (χ4n) is 4.41. The van der Waals surface area contributed by atoms with Gasteiger partial charge in [0.05, 0.1) is 23.7 Å². The number of alkyl halides is 3. The van der Waals surface area contributed by atoms with E-state index in [4.69, 9.17) is 11.6 Å². The molecule has 2 fully saturated rings. The molecule has 1 aromatic rings. The van der Waals surface area contributed by atoms with Gasteiger partial charge in [0.25, 0.3) is 0 Å². The first-order valence-corrected chi connectivity index (χ1v) is 12.0. The third-order valence-electron chi connectivity index (χ3n) is 6.23. The zero-order valence-electron chi connectivity index (χ0n) is 18.7. The van der Waals surface area contributed by atoms with Crippen LogP contribution >= 0.6 is 11.6 Å². The minimum Gasteiger partial charge on any atom is -0.352 e. The third kappa shape index (κ3) is 8.46. The van der Waals surface area contributed by atoms with Gasteiger partial charge in [0, 0.05) is 37.9 Å². The van der Waals surface area contributed by atoms with Gasteiger partial charge < -0.3 is 10.6 Å². The summed E-state index contributed by atoms with van der Waals surface area (Å²) in [6.07, 6.45) is 3.61. The van der Waals surface area contributed by atoms with Crippen LogP contribution in [-0.2, 0) is 15.8 Å². The van der Waals surface area contributed by atoms with Crippen molar-refractivity contribution in [3.63, 3.8) is 0 Å². The molecule has 2 amide bonds. The second-order valence-corrected chi connectivity index (χ2v) is 9.31. The zero-order chi connectivity index (χ0) is 23.8. The summed E-state index contributed by atoms with van der Waals surface area (Å²) < 4.78 is 39.0. The van der Waals surface area contributed by atoms with E-state index in [1.807, 2.05) is 4.90 Å². The van der Waals surface area contributed by atoms with Crippen molar-refractivity contribution in [2.75, 3.05) is 44.6 Å². The van der Waals surface area contributed by atoms with E-state index in [0.717, 1.165) is 25.0 Å². The summed E-state index contributed by atoms with van der Waals surface area (Å²) >= 11 is 5.62. The number of hydrogen-bond acceptors (Lipinski definition) is 4. The van der Waals surface area contributed by atoms with Crippen molar-refractivity contribution >= 4 is 29.1 Å². The van der Waals surface area contributed by atoms with Gasteiger partial charge in [-0.15, -0.1) is 0 Å². The summed E-state index contributed by atoms with van der Waals surface area (Å²) in [6, 6.07) is 3.59. The third-order valence-corrected chi connectivity index (χ3v) is 6.55. The quantitative estimate of drug-likeness (QED) is 0.631. The molecular weight excluding hydrogens is 457 g/mol. The van der Waals surface area contributed by atoms with Gasteiger partial charge in [-0.25, -0.2) is 0 Å². The molecule has 0 aromatic heterocycles. The molecule has 2 aliphatic rings. The Labute approximate surface area is 197 Å². The van der Waals surface area contributed by atoms with Gasteiger partial charge in [-0.3, -0.25) is 19.4 Å². The summed E-state index contributed by atoms with van der Waals surface area (Å²) in [5.74, 6) is -0.337. The fraction of sp³-hybridized carbons (Fsp3) is 0.652. The standard InChI is InChI=1S/C23H32ClF3N4O2/c24-20-9-8-18(14-19(20)23(25,26)27)29-22(33)16-31-12-10-30(11-13-31)15-21(32)28-17-6-4-2-1-3-5-7-17/h8-9,14,17H,1-7,10-13,15-16H2,(H,28,32)(H,29,33). The molecule has 1 saturated carbocycles. The maximum atomic E-state index is 13.0. The molecule has 1 heterocycles. The highest BCUT2D eigenvalue weighted by Gasteiger charge is 2.33. The van der Waals surface area contributed by atoms with E-state index >= 15 is 0 Å². The van der Waals surface area contributed by atoms with Crippen LogP contribution in [-0.4, -0.2) is 66.9 Å². The number of carbonyl (C=O) groups is 2. The van der Waals surface area contributed by atoms with Crippen molar-refractivity contribution in [2.45, 2.75) is 57.2 Å². The van der Waals surface area contributed by atoms with Gasteiger partial charge in [0.15, 0.2) is 0 Å². The van der Waals surface area contributed by atoms with Crippen LogP contribution in [0.25, 0.3) is 0 Å². The van der Waals surface area contributed by atoms with Gasteiger partial charge in [-0.2, -0.15) is 13.2 Å². The van der Waals surface area contributed by atoms with Gasteiger partial charge >= 0.3 is 6.18 Å². The average molecular weight is 489 g/mol. The van der Waals surface area contributed by atoms with E-state index in [1.165, 1.54) is 38.2 Å². The highest BCUT2D eigenvalue weighted by molar-refractivity contribution is 6.31. The minimum absolute atomic E-state index is 0.0509. The van der Waals surface area contributed by atoms with E-state index in [-0.39, 0.29) is 30.1 Å². The maximum Gasteiger partial charge on any atom is 0.417 e. The Hall–Kier alpha value is -1.84. The van der Waals surface area contributed by atoms with Gasteiger partial charge in [-0.05, 0) is 31.0 Å². The molecule has 0 atom stereocenters. The molecule has 1 aromatic carbocycles. The summed E-state index contributed by atoms with van der Waals surface area (Å²) in [6.45, 7) is 2.96. The number of nitrogens with one attached hydrogen (secondary N) is 2. The Bertz CT molecular complexity index is 805. The lowest BCUT2D eigenvalue weighted by Crippen LogP contribution is -2.51. The molecule has 0 spiro atoms. The molecule has 0 unspecified atom stereocenters. The number of carbonyl (C=O) groups excluding carboxylic acids is 2. The normalized spacial score (nSPS) is 19.5. The SMILES string of the molecule is O=C(CN1CCN(CC(=O)NC2CCCCCCC2)CC1)Nc1ccc(Cl)c(C(F)(F)F)c1. The number of anilines is 1. The smallest absolute Gasteiger partial charge is 0.352 e. The molecule has 33 heavy (non-hydrogen) atoms. The molecule has 1 aliphatic carbocycles. The monoisotopic (exact) mass is 488 g/mol. The van der Waals surface area contributed by atoms with Crippen molar-refractivity contribution < 1.29 is 22.8 Å². The molecule has 2 N–H and O–H groups in total. The number of amides is 2. The summed E-state index contributed by atoms with van der Waals surface area (Å²) in [5.41, 5.74) is -0.922. The van der Waals surface area contributed by atoms with E-state index in [2.05, 4.69) is 15.5 Å². The summed E-state index contributed by atoms with van der Waals surface area (Å²) in [5, 5.41) is 5.28.